The first kappa shape index (κ1) is 14.5. The van der Waals surface area contributed by atoms with Crippen LogP contribution >= 0.6 is 23.1 Å². The molecule has 10 heteroatoms. The van der Waals surface area contributed by atoms with E-state index >= 15 is 0 Å². The molecule has 0 bridgehead atoms. The normalized spacial score (nSPS) is 15.0. The van der Waals surface area contributed by atoms with Crippen LogP contribution in [0.3, 0.4) is 0 Å². The number of nitrogens with zero attached hydrogens (tertiary/aromatic N) is 4. The molecule has 0 amide bonds. The predicted molar refractivity (Wildman–Crippen MR) is 69.5 cm³/mol. The summed E-state index contributed by atoms with van der Waals surface area (Å²) in [4.78, 5) is 3.71. The van der Waals surface area contributed by atoms with Crippen LogP contribution in [-0.4, -0.2) is 28.3 Å². The lowest BCUT2D eigenvalue weighted by molar-refractivity contribution is 0.383. The van der Waals surface area contributed by atoms with Crippen LogP contribution in [0.4, 0.5) is 22.7 Å². The minimum absolute atomic E-state index is 0.208. The van der Waals surface area contributed by atoms with Crippen LogP contribution in [0.15, 0.2) is 9.24 Å². The molecule has 3 heterocycles. The second-order valence-electron chi connectivity index (χ2n) is 4.30. The average Bonchev–Trinajstić information content (AvgIpc) is 3.12. The van der Waals surface area contributed by atoms with Crippen molar-refractivity contribution in [2.75, 3.05) is 18.0 Å². The third kappa shape index (κ3) is 2.82. The lowest BCUT2D eigenvalue weighted by atomic mass is 10.4. The lowest BCUT2D eigenvalue weighted by Crippen LogP contribution is -2.17. The molecule has 112 valence electrons. The van der Waals surface area contributed by atoms with E-state index in [9.17, 15) is 17.6 Å². The molecule has 1 aliphatic rings. The van der Waals surface area contributed by atoms with Gasteiger partial charge in [0, 0.05) is 13.1 Å². The van der Waals surface area contributed by atoms with E-state index in [1.54, 1.807) is 0 Å². The van der Waals surface area contributed by atoms with Crippen LogP contribution < -0.4 is 4.90 Å². The molecule has 0 atom stereocenters. The van der Waals surface area contributed by atoms with Crippen molar-refractivity contribution in [2.24, 2.45) is 0 Å². The second kappa shape index (κ2) is 5.76. The molecule has 0 spiro atoms. The minimum atomic E-state index is -1.68. The van der Waals surface area contributed by atoms with Crippen molar-refractivity contribution in [3.63, 3.8) is 0 Å². The van der Waals surface area contributed by atoms with Gasteiger partial charge in [0.1, 0.15) is 0 Å². The Morgan fingerprint density at radius 3 is 2.19 bits per heavy atom. The van der Waals surface area contributed by atoms with E-state index in [0.717, 1.165) is 37.3 Å². The van der Waals surface area contributed by atoms with Crippen LogP contribution in [0.2, 0.25) is 0 Å². The third-order valence-electron chi connectivity index (χ3n) is 2.92. The number of hydrogen-bond donors (Lipinski definition) is 0. The highest BCUT2D eigenvalue weighted by molar-refractivity contribution is 8.01. The van der Waals surface area contributed by atoms with Gasteiger partial charge in [-0.2, -0.15) is 13.8 Å². The molecule has 3 rings (SSSR count). The van der Waals surface area contributed by atoms with Crippen LogP contribution in [0.1, 0.15) is 12.8 Å². The Bertz CT molecular complexity index is 646. The van der Waals surface area contributed by atoms with Gasteiger partial charge >= 0.3 is 0 Å². The van der Waals surface area contributed by atoms with Crippen molar-refractivity contribution < 1.29 is 17.6 Å². The summed E-state index contributed by atoms with van der Waals surface area (Å²) in [7, 11) is 0. The second-order valence-corrected chi connectivity index (χ2v) is 6.51. The van der Waals surface area contributed by atoms with Gasteiger partial charge in [0.05, 0.1) is 4.90 Å². The van der Waals surface area contributed by atoms with Crippen LogP contribution in [0.25, 0.3) is 0 Å². The first-order valence-electron chi connectivity index (χ1n) is 6.02. The molecule has 1 saturated heterocycles. The monoisotopic (exact) mass is 336 g/mol. The minimum Gasteiger partial charge on any atom is -0.347 e. The highest BCUT2D eigenvalue weighted by Crippen LogP contribution is 2.37. The van der Waals surface area contributed by atoms with Crippen LogP contribution in [0, 0.1) is 23.5 Å². The molecule has 0 aromatic carbocycles. The zero-order valence-electron chi connectivity index (χ0n) is 10.4. The number of halogens is 4. The third-order valence-corrected chi connectivity index (χ3v) is 5.02. The fourth-order valence-electron chi connectivity index (χ4n) is 1.92. The summed E-state index contributed by atoms with van der Waals surface area (Å²) in [6.45, 7) is 1.70. The van der Waals surface area contributed by atoms with E-state index in [0.29, 0.717) is 16.9 Å². The molecule has 0 unspecified atom stereocenters. The number of rotatable bonds is 3. The Balaban J connectivity index is 1.87. The van der Waals surface area contributed by atoms with Gasteiger partial charge in [0.2, 0.25) is 5.13 Å². The molecule has 1 fully saturated rings. The predicted octanol–water partition coefficient (Wildman–Crippen LogP) is 3.24. The Labute approximate surface area is 125 Å². The molecule has 0 radical (unpaired) electrons. The van der Waals surface area contributed by atoms with E-state index < -0.39 is 28.4 Å². The van der Waals surface area contributed by atoms with E-state index in [4.69, 9.17) is 0 Å². The maximum atomic E-state index is 13.5. The summed E-state index contributed by atoms with van der Waals surface area (Å²) in [5.74, 6) is -6.42. The van der Waals surface area contributed by atoms with Gasteiger partial charge in [-0.15, -0.1) is 10.2 Å². The van der Waals surface area contributed by atoms with Crippen molar-refractivity contribution in [3.8, 4) is 0 Å². The van der Waals surface area contributed by atoms with Gasteiger partial charge in [-0.05, 0) is 12.8 Å². The molecule has 0 N–H and O–H groups in total. The van der Waals surface area contributed by atoms with E-state index in [-0.39, 0.29) is 4.34 Å². The molecule has 2 aromatic rings. The van der Waals surface area contributed by atoms with E-state index in [2.05, 4.69) is 15.2 Å². The van der Waals surface area contributed by atoms with E-state index in [1.807, 2.05) is 4.90 Å². The van der Waals surface area contributed by atoms with Gasteiger partial charge in [0.25, 0.3) is 11.9 Å². The highest BCUT2D eigenvalue weighted by Gasteiger charge is 2.24. The smallest absolute Gasteiger partial charge is 0.252 e. The van der Waals surface area contributed by atoms with Gasteiger partial charge < -0.3 is 4.90 Å². The molecular weight excluding hydrogens is 328 g/mol. The molecule has 21 heavy (non-hydrogen) atoms. The summed E-state index contributed by atoms with van der Waals surface area (Å²) in [6, 6.07) is 0. The van der Waals surface area contributed by atoms with Crippen molar-refractivity contribution in [1.29, 1.82) is 0 Å². The first-order chi connectivity index (χ1) is 10.1. The number of anilines is 1. The fourth-order valence-corrected chi connectivity index (χ4v) is 3.80. The summed E-state index contributed by atoms with van der Waals surface area (Å²) in [5.41, 5.74) is 0. The molecular formula is C11H8F4N4S2. The standard InChI is InChI=1S/C11H8F4N4S2/c12-5-7(6(13)9(15)16-8(5)14)20-11-18-17-10(21-11)19-3-1-2-4-19/h1-4H2. The van der Waals surface area contributed by atoms with Crippen LogP contribution in [0.5, 0.6) is 0 Å². The maximum Gasteiger partial charge on any atom is 0.252 e. The maximum absolute atomic E-state index is 13.5. The molecule has 2 aromatic heterocycles. The zero-order valence-corrected chi connectivity index (χ0v) is 12.1. The quantitative estimate of drug-likeness (QED) is 0.636. The van der Waals surface area contributed by atoms with Gasteiger partial charge in [0.15, 0.2) is 16.0 Å². The summed E-state index contributed by atoms with van der Waals surface area (Å²) in [6.07, 6.45) is 2.10. The number of pyridine rings is 1. The topological polar surface area (TPSA) is 41.9 Å². The molecule has 0 aliphatic carbocycles. The van der Waals surface area contributed by atoms with Gasteiger partial charge in [-0.3, -0.25) is 0 Å². The number of aromatic nitrogens is 3. The Kier molecular flexibility index (Phi) is 3.98. The highest BCUT2D eigenvalue weighted by atomic mass is 32.2. The van der Waals surface area contributed by atoms with Crippen molar-refractivity contribution in [2.45, 2.75) is 22.1 Å². The van der Waals surface area contributed by atoms with Crippen molar-refractivity contribution in [3.05, 3.63) is 23.5 Å². The number of hydrogen-bond acceptors (Lipinski definition) is 6. The molecule has 4 nitrogen and oxygen atoms in total. The van der Waals surface area contributed by atoms with Gasteiger partial charge in [-0.1, -0.05) is 23.1 Å². The van der Waals surface area contributed by atoms with Crippen molar-refractivity contribution in [1.82, 2.24) is 15.2 Å². The van der Waals surface area contributed by atoms with Gasteiger partial charge in [-0.25, -0.2) is 8.78 Å². The Morgan fingerprint density at radius 2 is 1.57 bits per heavy atom. The average molecular weight is 336 g/mol. The lowest BCUT2D eigenvalue weighted by Gasteiger charge is -2.10. The molecule has 0 saturated carbocycles. The first-order valence-corrected chi connectivity index (χ1v) is 7.66. The summed E-state index contributed by atoms with van der Waals surface area (Å²) < 4.78 is 53.3. The Hall–Kier alpha value is -1.42. The van der Waals surface area contributed by atoms with Crippen molar-refractivity contribution >= 4 is 28.2 Å². The van der Waals surface area contributed by atoms with E-state index in [1.165, 1.54) is 0 Å². The Morgan fingerprint density at radius 1 is 0.952 bits per heavy atom. The zero-order chi connectivity index (χ0) is 15.0. The van der Waals surface area contributed by atoms with Crippen LogP contribution in [-0.2, 0) is 0 Å². The largest absolute Gasteiger partial charge is 0.347 e. The summed E-state index contributed by atoms with van der Waals surface area (Å²) in [5, 5.41) is 8.34. The fraction of sp³-hybridized carbons (Fsp3) is 0.364. The SMILES string of the molecule is Fc1nc(F)c(F)c(Sc2nnc(N3CCCC3)s2)c1F. The molecule has 1 aliphatic heterocycles. The summed E-state index contributed by atoms with van der Waals surface area (Å²) >= 11 is 1.62.